The minimum absolute atomic E-state index is 0.172. The van der Waals surface area contributed by atoms with Crippen molar-refractivity contribution in [2.45, 2.75) is 6.92 Å². The molecule has 0 fully saturated rings. The Balaban J connectivity index is 1.32. The summed E-state index contributed by atoms with van der Waals surface area (Å²) in [5, 5.41) is 4.56. The number of hydrogen-bond donors (Lipinski definition) is 1. The van der Waals surface area contributed by atoms with Crippen molar-refractivity contribution in [2.24, 2.45) is 5.10 Å². The number of nitrogens with zero attached hydrogens (tertiary/aromatic N) is 1. The first-order chi connectivity index (χ1) is 18.9. The van der Waals surface area contributed by atoms with Crippen LogP contribution in [0.3, 0.4) is 0 Å². The molecule has 0 unspecified atom stereocenters. The zero-order valence-corrected chi connectivity index (χ0v) is 22.4. The summed E-state index contributed by atoms with van der Waals surface area (Å²) in [6, 6.07) is 26.8. The molecule has 1 amide bonds. The Kier molecular flexibility index (Phi) is 9.56. The van der Waals surface area contributed by atoms with Gasteiger partial charge >= 0.3 is 5.97 Å². The highest BCUT2D eigenvalue weighted by atomic mass is 35.5. The number of carbonyl (C=O) groups is 2. The average molecular weight is 563 g/mol. The van der Waals surface area contributed by atoms with Crippen molar-refractivity contribution < 1.29 is 23.8 Å². The van der Waals surface area contributed by atoms with Crippen LogP contribution < -0.4 is 19.6 Å². The predicted octanol–water partition coefficient (Wildman–Crippen LogP) is 6.81. The molecule has 39 heavy (non-hydrogen) atoms. The van der Waals surface area contributed by atoms with Crippen LogP contribution in [0.5, 0.6) is 17.2 Å². The molecule has 0 saturated carbocycles. The first-order valence-electron chi connectivity index (χ1n) is 12.0. The Bertz CT molecular complexity index is 1470. The van der Waals surface area contributed by atoms with E-state index in [9.17, 15) is 9.59 Å². The van der Waals surface area contributed by atoms with Gasteiger partial charge in [-0.3, -0.25) is 4.79 Å². The van der Waals surface area contributed by atoms with Gasteiger partial charge in [-0.15, -0.1) is 0 Å². The fourth-order valence-corrected chi connectivity index (χ4v) is 3.99. The predicted molar refractivity (Wildman–Crippen MR) is 152 cm³/mol. The fourth-order valence-electron chi connectivity index (χ4n) is 3.50. The Hall–Kier alpha value is -4.33. The summed E-state index contributed by atoms with van der Waals surface area (Å²) >= 11 is 12.0. The van der Waals surface area contributed by atoms with Crippen molar-refractivity contribution >= 4 is 41.3 Å². The van der Waals surface area contributed by atoms with E-state index in [1.165, 1.54) is 18.3 Å². The van der Waals surface area contributed by atoms with Crippen LogP contribution in [0.1, 0.15) is 22.8 Å². The molecule has 4 rings (SSSR count). The number of hydrogen-bond acceptors (Lipinski definition) is 6. The lowest BCUT2D eigenvalue weighted by Crippen LogP contribution is -2.24. The summed E-state index contributed by atoms with van der Waals surface area (Å²) in [7, 11) is 0. The van der Waals surface area contributed by atoms with Crippen molar-refractivity contribution in [1.82, 2.24) is 5.43 Å². The van der Waals surface area contributed by atoms with E-state index < -0.39 is 11.9 Å². The van der Waals surface area contributed by atoms with Crippen molar-refractivity contribution in [2.75, 3.05) is 13.2 Å². The highest BCUT2D eigenvalue weighted by Gasteiger charge is 2.16. The number of esters is 1. The van der Waals surface area contributed by atoms with E-state index in [4.69, 9.17) is 37.4 Å². The average Bonchev–Trinajstić information content (AvgIpc) is 2.94. The van der Waals surface area contributed by atoms with Gasteiger partial charge in [-0.2, -0.15) is 5.10 Å². The Labute approximate surface area is 235 Å². The van der Waals surface area contributed by atoms with Crippen LogP contribution in [0.15, 0.2) is 96.1 Å². The maximum absolute atomic E-state index is 12.6. The van der Waals surface area contributed by atoms with Crippen molar-refractivity contribution in [3.05, 3.63) is 112 Å². The molecular formula is C30H24Cl2N2O5. The lowest BCUT2D eigenvalue weighted by Gasteiger charge is -2.12. The van der Waals surface area contributed by atoms with Crippen molar-refractivity contribution in [3.8, 4) is 28.4 Å². The number of amides is 1. The molecule has 9 heteroatoms. The Morgan fingerprint density at radius 3 is 2.31 bits per heavy atom. The first kappa shape index (κ1) is 27.7. The number of halogens is 2. The topological polar surface area (TPSA) is 86.2 Å². The molecule has 0 radical (unpaired) electrons. The minimum Gasteiger partial charge on any atom is -0.490 e. The molecule has 4 aromatic rings. The summed E-state index contributed by atoms with van der Waals surface area (Å²) in [4.78, 5) is 24.8. The molecule has 0 aliphatic rings. The molecule has 7 nitrogen and oxygen atoms in total. The molecule has 0 spiro atoms. The van der Waals surface area contributed by atoms with Crippen LogP contribution in [-0.4, -0.2) is 31.3 Å². The van der Waals surface area contributed by atoms with Crippen LogP contribution in [0.4, 0.5) is 0 Å². The van der Waals surface area contributed by atoms with Crippen LogP contribution in [0, 0.1) is 0 Å². The summed E-state index contributed by atoms with van der Waals surface area (Å²) in [6.07, 6.45) is 1.44. The molecule has 0 atom stereocenters. The van der Waals surface area contributed by atoms with Gasteiger partial charge in [0.15, 0.2) is 18.1 Å². The zero-order valence-electron chi connectivity index (χ0n) is 20.9. The van der Waals surface area contributed by atoms with Gasteiger partial charge in [-0.1, -0.05) is 65.7 Å². The van der Waals surface area contributed by atoms with Crippen LogP contribution in [-0.2, 0) is 4.79 Å². The number of benzene rings is 4. The third-order valence-corrected chi connectivity index (χ3v) is 5.90. The van der Waals surface area contributed by atoms with Crippen molar-refractivity contribution in [1.29, 1.82) is 0 Å². The summed E-state index contributed by atoms with van der Waals surface area (Å²) in [5.41, 5.74) is 5.36. The zero-order chi connectivity index (χ0) is 27.6. The normalized spacial score (nSPS) is 10.7. The highest BCUT2D eigenvalue weighted by Crippen LogP contribution is 2.30. The quantitative estimate of drug-likeness (QED) is 0.0992. The smallest absolute Gasteiger partial charge is 0.345 e. The van der Waals surface area contributed by atoms with Gasteiger partial charge in [0.25, 0.3) is 5.91 Å². The number of carbonyl (C=O) groups excluding carboxylic acids is 2. The summed E-state index contributed by atoms with van der Waals surface area (Å²) < 4.78 is 16.6. The van der Waals surface area contributed by atoms with E-state index in [0.717, 1.165) is 11.1 Å². The molecule has 0 heterocycles. The number of ether oxygens (including phenoxy) is 3. The van der Waals surface area contributed by atoms with Crippen molar-refractivity contribution in [3.63, 3.8) is 0 Å². The Morgan fingerprint density at radius 2 is 1.59 bits per heavy atom. The molecular weight excluding hydrogens is 539 g/mol. The summed E-state index contributed by atoms with van der Waals surface area (Å²) in [6.45, 7) is 1.94. The van der Waals surface area contributed by atoms with Gasteiger partial charge in [-0.05, 0) is 72.1 Å². The highest BCUT2D eigenvalue weighted by molar-refractivity contribution is 6.36. The minimum atomic E-state index is -0.652. The molecule has 1 N–H and O–H groups in total. The van der Waals surface area contributed by atoms with Gasteiger partial charge in [0.1, 0.15) is 5.75 Å². The van der Waals surface area contributed by atoms with E-state index in [0.29, 0.717) is 28.7 Å². The van der Waals surface area contributed by atoms with E-state index in [2.05, 4.69) is 10.5 Å². The van der Waals surface area contributed by atoms with Crippen LogP contribution in [0.2, 0.25) is 10.0 Å². The standard InChI is InChI=1S/C30H24Cl2N2O5/c1-2-37-28-16-20(8-15-27(28)39-30(36)25-14-11-23(31)17-26(25)32)18-33-34-29(35)19-38-24-12-9-22(10-13-24)21-6-4-3-5-7-21/h3-18H,2,19H2,1H3,(H,34,35). The monoisotopic (exact) mass is 562 g/mol. The van der Waals surface area contributed by atoms with Gasteiger partial charge < -0.3 is 14.2 Å². The fraction of sp³-hybridized carbons (Fsp3) is 0.100. The molecule has 0 saturated heterocycles. The van der Waals surface area contributed by atoms with E-state index in [1.54, 1.807) is 31.2 Å². The second-order valence-corrected chi connectivity index (χ2v) is 8.97. The molecule has 198 valence electrons. The second kappa shape index (κ2) is 13.5. The number of hydrazone groups is 1. The van der Waals surface area contributed by atoms with Crippen LogP contribution in [0.25, 0.3) is 11.1 Å². The third kappa shape index (κ3) is 7.83. The largest absolute Gasteiger partial charge is 0.490 e. The van der Waals surface area contributed by atoms with Gasteiger partial charge in [0, 0.05) is 5.02 Å². The third-order valence-electron chi connectivity index (χ3n) is 5.36. The second-order valence-electron chi connectivity index (χ2n) is 8.13. The molecule has 0 bridgehead atoms. The van der Waals surface area contributed by atoms with E-state index in [1.807, 2.05) is 54.6 Å². The lowest BCUT2D eigenvalue weighted by molar-refractivity contribution is -0.123. The summed E-state index contributed by atoms with van der Waals surface area (Å²) in [5.74, 6) is 0.0317. The van der Waals surface area contributed by atoms with E-state index in [-0.39, 0.29) is 22.9 Å². The molecule has 0 aromatic heterocycles. The SMILES string of the molecule is CCOc1cc(C=NNC(=O)COc2ccc(-c3ccccc3)cc2)ccc1OC(=O)c1ccc(Cl)cc1Cl. The molecule has 0 aliphatic heterocycles. The van der Waals surface area contributed by atoms with Gasteiger partial charge in [0.2, 0.25) is 0 Å². The van der Waals surface area contributed by atoms with E-state index >= 15 is 0 Å². The van der Waals surface area contributed by atoms with Gasteiger partial charge in [0.05, 0.1) is 23.4 Å². The number of rotatable bonds is 10. The molecule has 0 aliphatic carbocycles. The Morgan fingerprint density at radius 1 is 0.846 bits per heavy atom. The lowest BCUT2D eigenvalue weighted by atomic mass is 10.1. The molecule has 4 aromatic carbocycles. The van der Waals surface area contributed by atoms with Crippen LogP contribution >= 0.6 is 23.2 Å². The number of nitrogens with one attached hydrogen (secondary N) is 1. The van der Waals surface area contributed by atoms with Gasteiger partial charge in [-0.25, -0.2) is 10.2 Å². The maximum atomic E-state index is 12.6. The maximum Gasteiger partial charge on any atom is 0.345 e. The first-order valence-corrected chi connectivity index (χ1v) is 12.7.